The number of benzene rings is 1. The molecule has 6 unspecified atom stereocenters. The number of Topliss-reactive ketones (excluding diaryl/α,β-unsaturated/α-hetero) is 1. The largest absolute Gasteiger partial charge is 0.309 e. The van der Waals surface area contributed by atoms with E-state index in [0.29, 0.717) is 18.3 Å². The highest BCUT2D eigenvalue weighted by Crippen LogP contribution is 2.68. The molecule has 4 fully saturated rings. The van der Waals surface area contributed by atoms with Crippen LogP contribution in [0.5, 0.6) is 0 Å². The zero-order valence-corrected chi connectivity index (χ0v) is 17.6. The highest BCUT2D eigenvalue weighted by atomic mass is 19.1. The standard InChI is InChI=1S/C26H32FNO/c1-15-13-17-18(9-11-26(3)19(17)14-20(27)24(26)29)25(2)12-10-21(28)22(23(15)25)16-7-5-4-6-8-16/h4-8,17-20,22-23,28H,1,9-14H2,2-3H3/t17?,18?,19?,20?,22?,23?,25-,26+/m1/s1. The molecule has 1 aromatic carbocycles. The van der Waals surface area contributed by atoms with Crippen molar-refractivity contribution < 1.29 is 9.18 Å². The van der Waals surface area contributed by atoms with Gasteiger partial charge in [0.15, 0.2) is 12.0 Å². The van der Waals surface area contributed by atoms with Crippen molar-refractivity contribution in [3.05, 3.63) is 48.0 Å². The second-order valence-corrected chi connectivity index (χ2v) is 10.7. The van der Waals surface area contributed by atoms with E-state index in [0.717, 1.165) is 37.8 Å². The SMILES string of the molecule is C=C1CC2C(CC[C@]3(C)C(=O)C(F)CC23)[C@@]2(C)CCC(=N)C(c3ccccc3)C12. The van der Waals surface area contributed by atoms with E-state index in [2.05, 4.69) is 37.8 Å². The molecule has 1 N–H and O–H groups in total. The molecule has 0 radical (unpaired) electrons. The first kappa shape index (κ1) is 19.2. The number of nitrogens with one attached hydrogen (secondary N) is 1. The summed E-state index contributed by atoms with van der Waals surface area (Å²) in [7, 11) is 0. The van der Waals surface area contributed by atoms with Gasteiger partial charge < -0.3 is 5.41 Å². The molecule has 0 aromatic heterocycles. The molecule has 4 aliphatic rings. The number of alkyl halides is 1. The van der Waals surface area contributed by atoms with Crippen molar-refractivity contribution in [3.8, 4) is 0 Å². The minimum absolute atomic E-state index is 0.0732. The maximum atomic E-state index is 14.5. The summed E-state index contributed by atoms with van der Waals surface area (Å²) in [6.45, 7) is 8.98. The number of allylic oxidation sites excluding steroid dienone is 1. The van der Waals surface area contributed by atoms with E-state index in [1.807, 2.05) is 13.0 Å². The Hall–Kier alpha value is -1.77. The highest BCUT2D eigenvalue weighted by Gasteiger charge is 2.64. The maximum absolute atomic E-state index is 14.5. The number of hydrogen-bond acceptors (Lipinski definition) is 2. The Morgan fingerprint density at radius 1 is 1.14 bits per heavy atom. The molecule has 0 spiro atoms. The third kappa shape index (κ3) is 2.52. The summed E-state index contributed by atoms with van der Waals surface area (Å²) >= 11 is 0. The third-order valence-corrected chi connectivity index (χ3v) is 9.43. The zero-order valence-electron chi connectivity index (χ0n) is 17.6. The van der Waals surface area contributed by atoms with Crippen molar-refractivity contribution in [2.75, 3.05) is 0 Å². The predicted octanol–water partition coefficient (Wildman–Crippen LogP) is 6.13. The summed E-state index contributed by atoms with van der Waals surface area (Å²) in [5.41, 5.74) is 2.88. The van der Waals surface area contributed by atoms with E-state index in [4.69, 9.17) is 5.41 Å². The Kier molecular flexibility index (Phi) is 4.21. The smallest absolute Gasteiger partial charge is 0.173 e. The van der Waals surface area contributed by atoms with Crippen LogP contribution in [-0.2, 0) is 4.79 Å². The van der Waals surface area contributed by atoms with Gasteiger partial charge in [-0.15, -0.1) is 0 Å². The summed E-state index contributed by atoms with van der Waals surface area (Å²) in [6, 6.07) is 10.5. The van der Waals surface area contributed by atoms with E-state index >= 15 is 0 Å². The molecule has 1 aromatic rings. The second-order valence-electron chi connectivity index (χ2n) is 10.7. The van der Waals surface area contributed by atoms with Crippen LogP contribution in [-0.4, -0.2) is 17.7 Å². The normalized spacial score (nSPS) is 46.8. The van der Waals surface area contributed by atoms with Crippen molar-refractivity contribution in [1.29, 1.82) is 5.41 Å². The van der Waals surface area contributed by atoms with Crippen LogP contribution in [0.2, 0.25) is 0 Å². The first-order valence-corrected chi connectivity index (χ1v) is 11.3. The van der Waals surface area contributed by atoms with Crippen LogP contribution in [0.3, 0.4) is 0 Å². The Labute approximate surface area is 173 Å². The Morgan fingerprint density at radius 3 is 2.59 bits per heavy atom. The average Bonchev–Trinajstić information content (AvgIpc) is 2.94. The number of hydrogen-bond donors (Lipinski definition) is 1. The number of rotatable bonds is 1. The van der Waals surface area contributed by atoms with Crippen LogP contribution in [0, 0.1) is 39.9 Å². The van der Waals surface area contributed by atoms with Crippen LogP contribution >= 0.6 is 0 Å². The minimum atomic E-state index is -1.28. The lowest BCUT2D eigenvalue weighted by atomic mass is 9.42. The van der Waals surface area contributed by atoms with Gasteiger partial charge in [-0.05, 0) is 73.2 Å². The molecule has 3 heteroatoms. The molecule has 0 saturated heterocycles. The van der Waals surface area contributed by atoms with Crippen LogP contribution in [0.25, 0.3) is 0 Å². The van der Waals surface area contributed by atoms with Crippen molar-refractivity contribution in [2.45, 2.75) is 64.5 Å². The van der Waals surface area contributed by atoms with Crippen LogP contribution in [0.15, 0.2) is 42.5 Å². The van der Waals surface area contributed by atoms with Gasteiger partial charge in [0.05, 0.1) is 0 Å². The summed E-state index contributed by atoms with van der Waals surface area (Å²) < 4.78 is 14.5. The molecular formula is C26H32FNO. The molecule has 8 atom stereocenters. The van der Waals surface area contributed by atoms with Gasteiger partial charge in [0.2, 0.25) is 0 Å². The molecular weight excluding hydrogens is 361 g/mol. The third-order valence-electron chi connectivity index (χ3n) is 9.43. The number of fused-ring (bicyclic) bond motifs is 5. The van der Waals surface area contributed by atoms with Crippen molar-refractivity contribution in [2.24, 2.45) is 34.5 Å². The van der Waals surface area contributed by atoms with E-state index < -0.39 is 11.6 Å². The molecule has 29 heavy (non-hydrogen) atoms. The molecule has 4 saturated carbocycles. The van der Waals surface area contributed by atoms with Gasteiger partial charge in [0.1, 0.15) is 0 Å². The summed E-state index contributed by atoms with van der Waals surface area (Å²) in [5, 5.41) is 8.78. The Balaban J connectivity index is 1.55. The fraction of sp³-hybridized carbons (Fsp3) is 0.615. The van der Waals surface area contributed by atoms with Gasteiger partial charge in [0, 0.05) is 17.0 Å². The van der Waals surface area contributed by atoms with Crippen LogP contribution in [0.4, 0.5) is 4.39 Å². The van der Waals surface area contributed by atoms with E-state index in [-0.39, 0.29) is 29.0 Å². The van der Waals surface area contributed by atoms with Gasteiger partial charge in [0.25, 0.3) is 0 Å². The van der Waals surface area contributed by atoms with Gasteiger partial charge >= 0.3 is 0 Å². The van der Waals surface area contributed by atoms with Gasteiger partial charge in [-0.3, -0.25) is 4.79 Å². The molecule has 154 valence electrons. The molecule has 0 heterocycles. The molecule has 5 rings (SSSR count). The summed E-state index contributed by atoms with van der Waals surface area (Å²) in [6.07, 6.45) is 3.68. The Bertz CT molecular complexity index is 878. The summed E-state index contributed by atoms with van der Waals surface area (Å²) in [4.78, 5) is 12.6. The fourth-order valence-corrected chi connectivity index (χ4v) is 8.04. The molecule has 0 amide bonds. The average molecular weight is 394 g/mol. The van der Waals surface area contributed by atoms with Gasteiger partial charge in [-0.1, -0.05) is 56.3 Å². The topological polar surface area (TPSA) is 40.9 Å². The maximum Gasteiger partial charge on any atom is 0.173 e. The van der Waals surface area contributed by atoms with Crippen LogP contribution in [0.1, 0.15) is 63.9 Å². The van der Waals surface area contributed by atoms with E-state index in [1.165, 1.54) is 11.1 Å². The molecule has 0 aliphatic heterocycles. The lowest BCUT2D eigenvalue weighted by molar-refractivity contribution is -0.137. The second kappa shape index (κ2) is 6.36. The Morgan fingerprint density at radius 2 is 1.86 bits per heavy atom. The first-order valence-electron chi connectivity index (χ1n) is 11.3. The molecule has 4 aliphatic carbocycles. The van der Waals surface area contributed by atoms with Crippen molar-refractivity contribution in [3.63, 3.8) is 0 Å². The first-order chi connectivity index (χ1) is 13.8. The van der Waals surface area contributed by atoms with Crippen molar-refractivity contribution >= 4 is 11.5 Å². The lowest BCUT2D eigenvalue weighted by Gasteiger charge is -2.61. The predicted molar refractivity (Wildman–Crippen MR) is 114 cm³/mol. The fourth-order valence-electron chi connectivity index (χ4n) is 8.04. The summed E-state index contributed by atoms with van der Waals surface area (Å²) in [5.74, 6) is 1.23. The number of ketones is 1. The van der Waals surface area contributed by atoms with Crippen molar-refractivity contribution in [1.82, 2.24) is 0 Å². The number of carbonyl (C=O) groups excluding carboxylic acids is 1. The molecule has 0 bridgehead atoms. The highest BCUT2D eigenvalue weighted by molar-refractivity contribution is 5.92. The zero-order chi connectivity index (χ0) is 20.6. The minimum Gasteiger partial charge on any atom is -0.309 e. The lowest BCUT2D eigenvalue weighted by Crippen LogP contribution is -2.56. The van der Waals surface area contributed by atoms with E-state index in [1.54, 1.807) is 0 Å². The number of carbonyl (C=O) groups is 1. The van der Waals surface area contributed by atoms with Gasteiger partial charge in [-0.25, -0.2) is 4.39 Å². The van der Waals surface area contributed by atoms with Crippen LogP contribution < -0.4 is 0 Å². The van der Waals surface area contributed by atoms with Gasteiger partial charge in [-0.2, -0.15) is 0 Å². The number of halogens is 1. The molecule has 2 nitrogen and oxygen atoms in total. The quantitative estimate of drug-likeness (QED) is 0.573. The van der Waals surface area contributed by atoms with E-state index in [9.17, 15) is 9.18 Å². The monoisotopic (exact) mass is 393 g/mol.